The van der Waals surface area contributed by atoms with Gasteiger partial charge in [-0.1, -0.05) is 26.8 Å². The fourth-order valence-electron chi connectivity index (χ4n) is 1.89. The van der Waals surface area contributed by atoms with Crippen LogP contribution in [0.5, 0.6) is 5.75 Å². The van der Waals surface area contributed by atoms with Gasteiger partial charge < -0.3 is 9.16 Å². The van der Waals surface area contributed by atoms with Crippen LogP contribution in [-0.4, -0.2) is 21.0 Å². The second kappa shape index (κ2) is 7.98. The van der Waals surface area contributed by atoms with Crippen LogP contribution in [0.2, 0.25) is 18.1 Å². The highest BCUT2D eigenvalue weighted by Gasteiger charge is 2.36. The molecular formula is C18H31BrO2Si. The Hall–Kier alpha value is -0.323. The van der Waals surface area contributed by atoms with Crippen molar-refractivity contribution in [2.75, 3.05) is 6.61 Å². The summed E-state index contributed by atoms with van der Waals surface area (Å²) in [6, 6.07) is 6.19. The van der Waals surface area contributed by atoms with Gasteiger partial charge in [0.1, 0.15) is 5.75 Å². The summed E-state index contributed by atoms with van der Waals surface area (Å²) in [7, 11) is -1.62. The van der Waals surface area contributed by atoms with Crippen molar-refractivity contribution in [1.82, 2.24) is 0 Å². The molecule has 0 aliphatic heterocycles. The fraction of sp³-hybridized carbons (Fsp3) is 0.667. The lowest BCUT2D eigenvalue weighted by molar-refractivity contribution is 0.189. The zero-order valence-corrected chi connectivity index (χ0v) is 17.7. The predicted molar refractivity (Wildman–Crippen MR) is 101 cm³/mol. The van der Waals surface area contributed by atoms with Crippen LogP contribution in [0.15, 0.2) is 22.7 Å². The maximum absolute atomic E-state index is 6.21. The van der Waals surface area contributed by atoms with E-state index in [1.165, 1.54) is 5.56 Å². The zero-order valence-electron chi connectivity index (χ0n) is 15.1. The number of hydrogen-bond donors (Lipinski definition) is 0. The van der Waals surface area contributed by atoms with E-state index in [9.17, 15) is 0 Å². The van der Waals surface area contributed by atoms with Gasteiger partial charge in [0.15, 0.2) is 8.32 Å². The molecule has 2 nitrogen and oxygen atoms in total. The second-order valence-corrected chi connectivity index (χ2v) is 13.3. The average Bonchev–Trinajstić information content (AvgIpc) is 2.38. The number of ether oxygens (including phenoxy) is 1. The molecule has 126 valence electrons. The van der Waals surface area contributed by atoms with E-state index in [0.717, 1.165) is 29.7 Å². The van der Waals surface area contributed by atoms with Crippen LogP contribution in [0.25, 0.3) is 0 Å². The van der Waals surface area contributed by atoms with Crippen molar-refractivity contribution >= 4 is 24.2 Å². The van der Waals surface area contributed by atoms with Gasteiger partial charge in [0.05, 0.1) is 10.6 Å². The maximum atomic E-state index is 6.21. The third-order valence-corrected chi connectivity index (χ3v) is 9.63. The van der Waals surface area contributed by atoms with E-state index in [-0.39, 0.29) is 11.1 Å². The maximum Gasteiger partial charge on any atom is 0.191 e. The van der Waals surface area contributed by atoms with Crippen molar-refractivity contribution in [3.8, 4) is 5.75 Å². The van der Waals surface area contributed by atoms with Gasteiger partial charge >= 0.3 is 0 Å². The van der Waals surface area contributed by atoms with Gasteiger partial charge in [-0.15, -0.1) is 0 Å². The van der Waals surface area contributed by atoms with E-state index < -0.39 is 8.32 Å². The zero-order chi connectivity index (χ0) is 17.0. The molecule has 0 N–H and O–H groups in total. The fourth-order valence-corrected chi connectivity index (χ4v) is 3.32. The van der Waals surface area contributed by atoms with Crippen LogP contribution < -0.4 is 4.74 Å². The van der Waals surface area contributed by atoms with Gasteiger partial charge in [0.2, 0.25) is 0 Å². The Morgan fingerprint density at radius 3 is 2.45 bits per heavy atom. The molecule has 1 aromatic carbocycles. The van der Waals surface area contributed by atoms with Gasteiger partial charge in [-0.2, -0.15) is 0 Å². The SMILES string of the molecule is Cc1ccc(Br)c(O[C@H](C)CCCO[Si](C)(C)C(C)(C)C)c1. The van der Waals surface area contributed by atoms with Crippen LogP contribution in [0.4, 0.5) is 0 Å². The standard InChI is InChI=1S/C18H31BrO2Si/c1-14-10-11-16(19)17(13-14)21-15(2)9-8-12-20-22(6,7)18(3,4)5/h10-11,13,15H,8-9,12H2,1-7H3/t15-/m1/s1. The molecule has 0 aromatic heterocycles. The summed E-state index contributed by atoms with van der Waals surface area (Å²) in [5.74, 6) is 0.929. The first-order valence-corrected chi connectivity index (χ1v) is 11.8. The summed E-state index contributed by atoms with van der Waals surface area (Å²) in [6.07, 6.45) is 2.24. The lowest BCUT2D eigenvalue weighted by Gasteiger charge is -2.36. The van der Waals surface area contributed by atoms with Crippen LogP contribution in [-0.2, 0) is 4.43 Å². The Morgan fingerprint density at radius 1 is 1.23 bits per heavy atom. The van der Waals surface area contributed by atoms with E-state index in [1.807, 2.05) is 6.07 Å². The van der Waals surface area contributed by atoms with Crippen molar-refractivity contribution in [2.24, 2.45) is 0 Å². The molecule has 0 saturated heterocycles. The summed E-state index contributed by atoms with van der Waals surface area (Å²) in [4.78, 5) is 0. The first kappa shape index (κ1) is 19.7. The Bertz CT molecular complexity index is 480. The van der Waals surface area contributed by atoms with E-state index in [1.54, 1.807) is 0 Å². The molecule has 0 bridgehead atoms. The van der Waals surface area contributed by atoms with Crippen molar-refractivity contribution in [3.05, 3.63) is 28.2 Å². The minimum Gasteiger partial charge on any atom is -0.490 e. The normalized spacial score (nSPS) is 14.0. The molecule has 22 heavy (non-hydrogen) atoms. The van der Waals surface area contributed by atoms with Crippen LogP contribution in [0.3, 0.4) is 0 Å². The number of rotatable bonds is 7. The molecule has 1 atom stereocenters. The molecule has 0 aliphatic carbocycles. The topological polar surface area (TPSA) is 18.5 Å². The number of benzene rings is 1. The first-order valence-electron chi connectivity index (χ1n) is 8.10. The van der Waals surface area contributed by atoms with Crippen molar-refractivity contribution in [1.29, 1.82) is 0 Å². The molecule has 0 fully saturated rings. The highest BCUT2D eigenvalue weighted by Crippen LogP contribution is 2.36. The highest BCUT2D eigenvalue weighted by molar-refractivity contribution is 9.10. The Kier molecular flexibility index (Phi) is 7.15. The third-order valence-electron chi connectivity index (χ3n) is 4.44. The largest absolute Gasteiger partial charge is 0.490 e. The molecule has 0 saturated carbocycles. The molecule has 0 unspecified atom stereocenters. The molecule has 0 radical (unpaired) electrons. The lowest BCUT2D eigenvalue weighted by atomic mass is 10.2. The lowest BCUT2D eigenvalue weighted by Crippen LogP contribution is -2.41. The second-order valence-electron chi connectivity index (χ2n) is 7.61. The van der Waals surface area contributed by atoms with Crippen molar-refractivity contribution in [3.63, 3.8) is 0 Å². The molecule has 1 rings (SSSR count). The van der Waals surface area contributed by atoms with Crippen LogP contribution in [0, 0.1) is 6.92 Å². The number of halogens is 1. The monoisotopic (exact) mass is 386 g/mol. The van der Waals surface area contributed by atoms with Gasteiger partial charge in [-0.05, 0) is 78.4 Å². The third kappa shape index (κ3) is 6.05. The van der Waals surface area contributed by atoms with Crippen molar-refractivity contribution < 1.29 is 9.16 Å². The van der Waals surface area contributed by atoms with E-state index in [2.05, 4.69) is 75.8 Å². The molecule has 4 heteroatoms. The average molecular weight is 387 g/mol. The smallest absolute Gasteiger partial charge is 0.191 e. The molecule has 1 aromatic rings. The first-order chi connectivity index (χ1) is 10.0. The van der Waals surface area contributed by atoms with Crippen LogP contribution in [0.1, 0.15) is 46.1 Å². The molecular weight excluding hydrogens is 356 g/mol. The Labute approximate surface area is 145 Å². The van der Waals surface area contributed by atoms with Gasteiger partial charge in [-0.25, -0.2) is 0 Å². The summed E-state index contributed by atoms with van der Waals surface area (Å²) >= 11 is 3.54. The molecule has 0 amide bonds. The summed E-state index contributed by atoms with van der Waals surface area (Å²) < 4.78 is 13.3. The number of aryl methyl sites for hydroxylation is 1. The van der Waals surface area contributed by atoms with Gasteiger partial charge in [-0.3, -0.25) is 0 Å². The Morgan fingerprint density at radius 2 is 1.86 bits per heavy atom. The quantitative estimate of drug-likeness (QED) is 0.402. The summed E-state index contributed by atoms with van der Waals surface area (Å²) in [6.45, 7) is 16.5. The summed E-state index contributed by atoms with van der Waals surface area (Å²) in [5, 5.41) is 0.279. The summed E-state index contributed by atoms with van der Waals surface area (Å²) in [5.41, 5.74) is 1.21. The Balaban J connectivity index is 2.38. The molecule has 0 heterocycles. The van der Waals surface area contributed by atoms with Gasteiger partial charge in [0.25, 0.3) is 0 Å². The number of hydrogen-bond acceptors (Lipinski definition) is 2. The minimum absolute atomic E-state index is 0.195. The predicted octanol–water partition coefficient (Wildman–Crippen LogP) is 6.33. The minimum atomic E-state index is -1.62. The highest BCUT2D eigenvalue weighted by atomic mass is 79.9. The van der Waals surface area contributed by atoms with Crippen molar-refractivity contribution in [2.45, 2.75) is 71.7 Å². The molecule has 0 aliphatic rings. The van der Waals surface area contributed by atoms with Gasteiger partial charge in [0, 0.05) is 6.61 Å². The van der Waals surface area contributed by atoms with E-state index in [4.69, 9.17) is 9.16 Å². The molecule has 0 spiro atoms. The van der Waals surface area contributed by atoms with E-state index >= 15 is 0 Å². The van der Waals surface area contributed by atoms with Crippen LogP contribution >= 0.6 is 15.9 Å². The van der Waals surface area contributed by atoms with E-state index in [0.29, 0.717) is 0 Å².